The van der Waals surface area contributed by atoms with Crippen LogP contribution in [0.1, 0.15) is 0 Å². The molecule has 8 heteroatoms. The van der Waals surface area contributed by atoms with Crippen molar-refractivity contribution < 1.29 is 18.7 Å². The first-order valence-electron chi connectivity index (χ1n) is 6.21. The molecule has 0 saturated carbocycles. The first-order valence-corrected chi connectivity index (χ1v) is 6.21. The van der Waals surface area contributed by atoms with E-state index in [1.807, 2.05) is 0 Å². The normalized spacial score (nSPS) is 11.5. The zero-order chi connectivity index (χ0) is 15.4. The summed E-state index contributed by atoms with van der Waals surface area (Å²) in [5.74, 6) is -0.701. The number of hydrogen-bond acceptors (Lipinski definition) is 6. The lowest BCUT2D eigenvalue weighted by Crippen LogP contribution is -1.82. The third-order valence-electron chi connectivity index (χ3n) is 3.49. The highest BCUT2D eigenvalue weighted by Gasteiger charge is 2.18. The number of hydrogen-bond donors (Lipinski definition) is 0. The molecule has 2 heterocycles. The molecule has 0 saturated heterocycles. The van der Waals surface area contributed by atoms with E-state index in [0.717, 1.165) is 5.39 Å². The van der Waals surface area contributed by atoms with Crippen LogP contribution >= 0.6 is 0 Å². The second kappa shape index (κ2) is 4.04. The summed E-state index contributed by atoms with van der Waals surface area (Å²) in [5, 5.41) is 24.2. The lowest BCUT2D eigenvalue weighted by atomic mass is 10.0. The summed E-state index contributed by atoms with van der Waals surface area (Å²) in [4.78, 5) is 20.4. The summed E-state index contributed by atoms with van der Waals surface area (Å²) in [7, 11) is 0. The standard InChI is InChI=1S/C14H6N2O6/c17-15(18)13-4-8-3-7-1-2-11-10(6-14(21-11)16(19)20)9(7)5-12(8)22-13/h1-6H. The molecule has 0 bridgehead atoms. The third-order valence-corrected chi connectivity index (χ3v) is 3.49. The zero-order valence-electron chi connectivity index (χ0n) is 10.8. The maximum Gasteiger partial charge on any atom is 0.434 e. The van der Waals surface area contributed by atoms with Crippen molar-refractivity contribution >= 4 is 44.5 Å². The maximum absolute atomic E-state index is 10.8. The van der Waals surface area contributed by atoms with Crippen molar-refractivity contribution in [2.45, 2.75) is 0 Å². The fourth-order valence-electron chi connectivity index (χ4n) is 2.53. The Balaban J connectivity index is 2.09. The van der Waals surface area contributed by atoms with Crippen molar-refractivity contribution in [2.24, 2.45) is 0 Å². The molecule has 0 aliphatic heterocycles. The van der Waals surface area contributed by atoms with Gasteiger partial charge in [-0.05, 0) is 29.0 Å². The van der Waals surface area contributed by atoms with Crippen molar-refractivity contribution in [3.63, 3.8) is 0 Å². The lowest BCUT2D eigenvalue weighted by Gasteiger charge is -1.98. The van der Waals surface area contributed by atoms with E-state index in [1.165, 1.54) is 12.1 Å². The van der Waals surface area contributed by atoms with Crippen molar-refractivity contribution in [3.8, 4) is 0 Å². The number of nitrogens with zero attached hydrogens (tertiary/aromatic N) is 2. The predicted molar refractivity (Wildman–Crippen MR) is 76.8 cm³/mol. The Kier molecular flexibility index (Phi) is 2.27. The van der Waals surface area contributed by atoms with Crippen LogP contribution in [-0.4, -0.2) is 9.85 Å². The van der Waals surface area contributed by atoms with E-state index < -0.39 is 9.85 Å². The molecule has 0 aliphatic carbocycles. The van der Waals surface area contributed by atoms with E-state index in [9.17, 15) is 20.2 Å². The van der Waals surface area contributed by atoms with Gasteiger partial charge >= 0.3 is 11.8 Å². The molecule has 0 fully saturated rings. The Morgan fingerprint density at radius 3 is 2.14 bits per heavy atom. The van der Waals surface area contributed by atoms with Crippen molar-refractivity contribution in [1.29, 1.82) is 0 Å². The van der Waals surface area contributed by atoms with Crippen LogP contribution < -0.4 is 0 Å². The van der Waals surface area contributed by atoms with E-state index in [2.05, 4.69) is 0 Å². The quantitative estimate of drug-likeness (QED) is 0.405. The van der Waals surface area contributed by atoms with Crippen LogP contribution in [-0.2, 0) is 0 Å². The number of benzene rings is 2. The van der Waals surface area contributed by atoms with Crippen LogP contribution in [0.2, 0.25) is 0 Å². The van der Waals surface area contributed by atoms with E-state index in [1.54, 1.807) is 24.3 Å². The predicted octanol–water partition coefficient (Wildman–Crippen LogP) is 4.15. The van der Waals surface area contributed by atoms with E-state index in [-0.39, 0.29) is 11.8 Å². The van der Waals surface area contributed by atoms with E-state index >= 15 is 0 Å². The van der Waals surface area contributed by atoms with Crippen molar-refractivity contribution in [1.82, 2.24) is 0 Å². The van der Waals surface area contributed by atoms with Crippen LogP contribution in [0.3, 0.4) is 0 Å². The first-order chi connectivity index (χ1) is 10.5. The number of furan rings is 2. The first kappa shape index (κ1) is 12.3. The largest absolute Gasteiger partial charge is 0.434 e. The van der Waals surface area contributed by atoms with Crippen molar-refractivity contribution in [3.05, 3.63) is 56.6 Å². The molecule has 0 unspecified atom stereocenters. The van der Waals surface area contributed by atoms with Crippen LogP contribution in [0.15, 0.2) is 45.2 Å². The van der Waals surface area contributed by atoms with Gasteiger partial charge in [-0.15, -0.1) is 0 Å². The lowest BCUT2D eigenvalue weighted by molar-refractivity contribution is -0.401. The second-order valence-corrected chi connectivity index (χ2v) is 4.77. The van der Waals surface area contributed by atoms with E-state index in [0.29, 0.717) is 27.3 Å². The molecule has 4 aromatic rings. The minimum absolute atomic E-state index is 0.343. The fourth-order valence-corrected chi connectivity index (χ4v) is 2.53. The van der Waals surface area contributed by atoms with Gasteiger partial charge in [-0.25, -0.2) is 0 Å². The molecule has 2 aromatic carbocycles. The van der Waals surface area contributed by atoms with E-state index in [4.69, 9.17) is 8.83 Å². The Morgan fingerprint density at radius 2 is 1.41 bits per heavy atom. The summed E-state index contributed by atoms with van der Waals surface area (Å²) in [6.45, 7) is 0. The van der Waals surface area contributed by atoms with Gasteiger partial charge in [-0.3, -0.25) is 20.2 Å². The molecule has 0 N–H and O–H groups in total. The van der Waals surface area contributed by atoms with Gasteiger partial charge in [0, 0.05) is 10.8 Å². The molecule has 108 valence electrons. The zero-order valence-corrected chi connectivity index (χ0v) is 10.8. The molecule has 0 aliphatic rings. The minimum atomic E-state index is -0.609. The second-order valence-electron chi connectivity index (χ2n) is 4.77. The van der Waals surface area contributed by atoms with Crippen molar-refractivity contribution in [2.75, 3.05) is 0 Å². The summed E-state index contributed by atoms with van der Waals surface area (Å²) in [6, 6.07) is 9.41. The smallest absolute Gasteiger partial charge is 0.401 e. The Hall–Kier alpha value is -3.42. The SMILES string of the molecule is O=[N+]([O-])c1cc2cc3ccc4oc([N+](=O)[O-])cc4c3cc2o1. The molecule has 0 atom stereocenters. The average Bonchev–Trinajstić information content (AvgIpc) is 3.08. The average molecular weight is 298 g/mol. The monoisotopic (exact) mass is 298 g/mol. The number of nitro groups is 2. The highest BCUT2D eigenvalue weighted by molar-refractivity contribution is 6.10. The van der Waals surface area contributed by atoms with Gasteiger partial charge in [-0.1, -0.05) is 6.07 Å². The highest BCUT2D eigenvalue weighted by Crippen LogP contribution is 2.35. The Bertz CT molecular complexity index is 1090. The summed E-state index contributed by atoms with van der Waals surface area (Å²) in [5.41, 5.74) is 0.718. The molecule has 22 heavy (non-hydrogen) atoms. The number of rotatable bonds is 2. The van der Waals surface area contributed by atoms with Crippen LogP contribution in [0.5, 0.6) is 0 Å². The Morgan fingerprint density at radius 1 is 0.727 bits per heavy atom. The molecule has 4 rings (SSSR count). The summed E-state index contributed by atoms with van der Waals surface area (Å²) >= 11 is 0. The van der Waals surface area contributed by atoms with Gasteiger partial charge in [0.25, 0.3) is 0 Å². The molecule has 2 aromatic heterocycles. The maximum atomic E-state index is 10.8. The van der Waals surface area contributed by atoms with Gasteiger partial charge in [0.05, 0.1) is 12.1 Å². The van der Waals surface area contributed by atoms with Crippen LogP contribution in [0.4, 0.5) is 11.8 Å². The van der Waals surface area contributed by atoms with Gasteiger partial charge < -0.3 is 8.83 Å². The topological polar surface area (TPSA) is 113 Å². The molecule has 0 amide bonds. The summed E-state index contributed by atoms with van der Waals surface area (Å²) in [6.07, 6.45) is 0. The summed E-state index contributed by atoms with van der Waals surface area (Å²) < 4.78 is 10.3. The molecular weight excluding hydrogens is 292 g/mol. The molecule has 0 spiro atoms. The highest BCUT2D eigenvalue weighted by atomic mass is 16.7. The fraction of sp³-hybridized carbons (Fsp3) is 0. The van der Waals surface area contributed by atoms with Gasteiger partial charge in [0.15, 0.2) is 0 Å². The van der Waals surface area contributed by atoms with Gasteiger partial charge in [0.1, 0.15) is 21.0 Å². The van der Waals surface area contributed by atoms with Gasteiger partial charge in [0.2, 0.25) is 0 Å². The minimum Gasteiger partial charge on any atom is -0.401 e. The van der Waals surface area contributed by atoms with Gasteiger partial charge in [-0.2, -0.15) is 0 Å². The molecular formula is C14H6N2O6. The Labute approximate surface area is 120 Å². The number of fused-ring (bicyclic) bond motifs is 4. The third kappa shape index (κ3) is 1.64. The molecule has 8 nitrogen and oxygen atoms in total. The van der Waals surface area contributed by atoms with Crippen LogP contribution in [0.25, 0.3) is 32.7 Å². The van der Waals surface area contributed by atoms with Crippen LogP contribution in [0, 0.1) is 20.2 Å². The molecule has 0 radical (unpaired) electrons.